The fourth-order valence-electron chi connectivity index (χ4n) is 3.17. The van der Waals surface area contributed by atoms with Crippen molar-refractivity contribution in [2.45, 2.75) is 32.8 Å². The van der Waals surface area contributed by atoms with Crippen molar-refractivity contribution in [2.75, 3.05) is 18.0 Å². The van der Waals surface area contributed by atoms with Gasteiger partial charge >= 0.3 is 0 Å². The minimum atomic E-state index is 0.143. The second kappa shape index (κ2) is 6.30. The lowest BCUT2D eigenvalue weighted by molar-refractivity contribution is 0.193. The zero-order chi connectivity index (χ0) is 15.5. The van der Waals surface area contributed by atoms with Crippen LogP contribution in [0.1, 0.15) is 25.0 Å². The van der Waals surface area contributed by atoms with Crippen molar-refractivity contribution in [1.82, 2.24) is 0 Å². The summed E-state index contributed by atoms with van der Waals surface area (Å²) in [6, 6.07) is 13.9. The normalized spacial score (nSPS) is 17.0. The molecule has 0 amide bonds. The predicted molar refractivity (Wildman–Crippen MR) is 89.9 cm³/mol. The summed E-state index contributed by atoms with van der Waals surface area (Å²) in [5.74, 6) is 1.15. The van der Waals surface area contributed by atoms with Crippen molar-refractivity contribution in [3.8, 4) is 11.5 Å². The number of aryl methyl sites for hydroxylation is 1. The Morgan fingerprint density at radius 1 is 1.14 bits per heavy atom. The molecular formula is C19H23NO2. The van der Waals surface area contributed by atoms with Crippen LogP contribution in [0.5, 0.6) is 11.5 Å². The molecular weight excluding hydrogens is 274 g/mol. The maximum absolute atomic E-state index is 9.69. The van der Waals surface area contributed by atoms with Crippen LogP contribution in [-0.2, 0) is 12.8 Å². The summed E-state index contributed by atoms with van der Waals surface area (Å²) in [6.07, 6.45) is 2.11. The van der Waals surface area contributed by atoms with Gasteiger partial charge in [0.15, 0.2) is 0 Å². The number of fused-ring (bicyclic) bond motifs is 1. The summed E-state index contributed by atoms with van der Waals surface area (Å²) < 4.78 is 6.17. The first kappa shape index (κ1) is 14.8. The molecule has 0 aliphatic carbocycles. The van der Waals surface area contributed by atoms with Crippen molar-refractivity contribution in [2.24, 2.45) is 0 Å². The average molecular weight is 297 g/mol. The van der Waals surface area contributed by atoms with E-state index < -0.39 is 0 Å². The Balaban J connectivity index is 1.84. The van der Waals surface area contributed by atoms with Crippen LogP contribution >= 0.6 is 0 Å². The summed E-state index contributed by atoms with van der Waals surface area (Å²) in [4.78, 5) is 2.28. The fourth-order valence-corrected chi connectivity index (χ4v) is 3.17. The highest BCUT2D eigenvalue weighted by atomic mass is 16.5. The molecule has 1 heterocycles. The van der Waals surface area contributed by atoms with Crippen LogP contribution in [0.25, 0.3) is 0 Å². The van der Waals surface area contributed by atoms with Gasteiger partial charge in [0.2, 0.25) is 0 Å². The van der Waals surface area contributed by atoms with Crippen LogP contribution in [0.2, 0.25) is 0 Å². The molecule has 1 atom stereocenters. The smallest absolute Gasteiger partial charge is 0.143 e. The van der Waals surface area contributed by atoms with E-state index in [1.165, 1.54) is 11.1 Å². The second-order valence-corrected chi connectivity index (χ2v) is 5.76. The monoisotopic (exact) mass is 297 g/mol. The van der Waals surface area contributed by atoms with Crippen LogP contribution in [0, 0.1) is 0 Å². The van der Waals surface area contributed by atoms with Crippen molar-refractivity contribution in [3.63, 3.8) is 0 Å². The maximum atomic E-state index is 9.69. The molecule has 0 bridgehead atoms. The van der Waals surface area contributed by atoms with Gasteiger partial charge in [-0.15, -0.1) is 0 Å². The van der Waals surface area contributed by atoms with Crippen molar-refractivity contribution < 1.29 is 9.84 Å². The van der Waals surface area contributed by atoms with Gasteiger partial charge in [0.05, 0.1) is 12.2 Å². The lowest BCUT2D eigenvalue weighted by atomic mass is 9.98. The lowest BCUT2D eigenvalue weighted by Gasteiger charge is -2.36. The van der Waals surface area contributed by atoms with Crippen LogP contribution in [0.3, 0.4) is 0 Å². The van der Waals surface area contributed by atoms with E-state index in [9.17, 15) is 5.11 Å². The summed E-state index contributed by atoms with van der Waals surface area (Å²) in [5.41, 5.74) is 3.75. The molecule has 0 saturated carbocycles. The van der Waals surface area contributed by atoms with Gasteiger partial charge < -0.3 is 14.7 Å². The Labute approximate surface area is 132 Å². The molecule has 1 N–H and O–H groups in total. The molecule has 0 fully saturated rings. The highest BCUT2D eigenvalue weighted by Gasteiger charge is 2.25. The van der Waals surface area contributed by atoms with Crippen LogP contribution < -0.4 is 9.64 Å². The first-order valence-electron chi connectivity index (χ1n) is 8.02. The number of phenolic OH excluding ortho intramolecular Hbond substituents is 1. The number of phenols is 1. The third-order valence-electron chi connectivity index (χ3n) is 4.33. The standard InChI is InChI=1S/C19H23NO2/c1-3-14-7-5-6-8-15(14)11-17-13-20(4-2)18-12-16(21)9-10-19(18)22-17/h5-10,12,17,21H,3-4,11,13H2,1-2H3. The number of aromatic hydroxyl groups is 1. The number of benzene rings is 2. The molecule has 0 saturated heterocycles. The predicted octanol–water partition coefficient (Wildman–Crippen LogP) is 3.78. The van der Waals surface area contributed by atoms with E-state index in [0.717, 1.165) is 37.4 Å². The minimum absolute atomic E-state index is 0.143. The average Bonchev–Trinajstić information content (AvgIpc) is 2.55. The van der Waals surface area contributed by atoms with E-state index in [1.807, 2.05) is 6.07 Å². The highest BCUT2D eigenvalue weighted by Crippen LogP contribution is 2.36. The quantitative estimate of drug-likeness (QED) is 0.932. The van der Waals surface area contributed by atoms with E-state index in [2.05, 4.69) is 43.0 Å². The molecule has 1 aliphatic heterocycles. The maximum Gasteiger partial charge on any atom is 0.143 e. The Hall–Kier alpha value is -2.16. The first-order valence-corrected chi connectivity index (χ1v) is 8.02. The summed E-state index contributed by atoms with van der Waals surface area (Å²) in [6.45, 7) is 6.09. The van der Waals surface area contributed by atoms with Gasteiger partial charge in [-0.2, -0.15) is 0 Å². The Kier molecular flexibility index (Phi) is 4.23. The molecule has 22 heavy (non-hydrogen) atoms. The summed E-state index contributed by atoms with van der Waals surface area (Å²) in [5, 5.41) is 9.69. The second-order valence-electron chi connectivity index (χ2n) is 5.76. The Bertz CT molecular complexity index is 654. The molecule has 2 aromatic carbocycles. The topological polar surface area (TPSA) is 32.7 Å². The van der Waals surface area contributed by atoms with Gasteiger partial charge in [-0.3, -0.25) is 0 Å². The molecule has 1 unspecified atom stereocenters. The van der Waals surface area contributed by atoms with E-state index in [1.54, 1.807) is 12.1 Å². The van der Waals surface area contributed by atoms with Gasteiger partial charge in [0, 0.05) is 19.0 Å². The van der Waals surface area contributed by atoms with Crippen molar-refractivity contribution in [3.05, 3.63) is 53.6 Å². The van der Waals surface area contributed by atoms with Gasteiger partial charge in [0.1, 0.15) is 17.6 Å². The molecule has 3 rings (SSSR count). The van der Waals surface area contributed by atoms with Gasteiger partial charge in [-0.05, 0) is 36.6 Å². The van der Waals surface area contributed by atoms with Crippen molar-refractivity contribution in [1.29, 1.82) is 0 Å². The molecule has 116 valence electrons. The molecule has 0 aromatic heterocycles. The van der Waals surface area contributed by atoms with E-state index in [-0.39, 0.29) is 11.9 Å². The lowest BCUT2D eigenvalue weighted by Crippen LogP contribution is -2.41. The number of nitrogens with zero attached hydrogens (tertiary/aromatic N) is 1. The number of ether oxygens (including phenoxy) is 1. The summed E-state index contributed by atoms with van der Waals surface area (Å²) >= 11 is 0. The van der Waals surface area contributed by atoms with Gasteiger partial charge in [-0.1, -0.05) is 31.2 Å². The number of rotatable bonds is 4. The van der Waals surface area contributed by atoms with E-state index >= 15 is 0 Å². The zero-order valence-corrected chi connectivity index (χ0v) is 13.2. The third kappa shape index (κ3) is 2.89. The largest absolute Gasteiger partial charge is 0.508 e. The summed E-state index contributed by atoms with van der Waals surface area (Å²) in [7, 11) is 0. The van der Waals surface area contributed by atoms with Crippen LogP contribution in [-0.4, -0.2) is 24.3 Å². The molecule has 1 aliphatic rings. The molecule has 0 radical (unpaired) electrons. The van der Waals surface area contributed by atoms with Gasteiger partial charge in [-0.25, -0.2) is 0 Å². The number of hydrogen-bond donors (Lipinski definition) is 1. The number of likely N-dealkylation sites (N-methyl/N-ethyl adjacent to an activating group) is 1. The molecule has 2 aromatic rings. The SMILES string of the molecule is CCc1ccccc1CC1CN(CC)c2cc(O)ccc2O1. The minimum Gasteiger partial charge on any atom is -0.508 e. The Morgan fingerprint density at radius 2 is 1.91 bits per heavy atom. The van der Waals surface area contributed by atoms with Crippen molar-refractivity contribution >= 4 is 5.69 Å². The van der Waals surface area contributed by atoms with Crippen LogP contribution in [0.15, 0.2) is 42.5 Å². The Morgan fingerprint density at radius 3 is 2.64 bits per heavy atom. The number of anilines is 1. The fraction of sp³-hybridized carbons (Fsp3) is 0.368. The van der Waals surface area contributed by atoms with Crippen LogP contribution in [0.4, 0.5) is 5.69 Å². The van der Waals surface area contributed by atoms with Gasteiger partial charge in [0.25, 0.3) is 0 Å². The third-order valence-corrected chi connectivity index (χ3v) is 4.33. The first-order chi connectivity index (χ1) is 10.7. The highest BCUT2D eigenvalue weighted by molar-refractivity contribution is 5.63. The number of hydrogen-bond acceptors (Lipinski definition) is 3. The molecule has 3 heteroatoms. The van der Waals surface area contributed by atoms with E-state index in [0.29, 0.717) is 0 Å². The zero-order valence-electron chi connectivity index (χ0n) is 13.2. The molecule has 3 nitrogen and oxygen atoms in total. The van der Waals surface area contributed by atoms with E-state index in [4.69, 9.17) is 4.74 Å². The molecule has 0 spiro atoms.